The van der Waals surface area contributed by atoms with Gasteiger partial charge in [-0.1, -0.05) is 23.7 Å². The van der Waals surface area contributed by atoms with Gasteiger partial charge in [0.25, 0.3) is 0 Å². The fourth-order valence-electron chi connectivity index (χ4n) is 3.08. The number of hydrogen-bond acceptors (Lipinski definition) is 2. The Hall–Kier alpha value is -0.530. The van der Waals surface area contributed by atoms with E-state index >= 15 is 0 Å². The topological polar surface area (TPSA) is 39.7 Å². The molecule has 0 amide bonds. The number of likely N-dealkylation sites (tertiary alicyclic amines) is 1. The molecule has 1 aliphatic rings. The zero-order valence-electron chi connectivity index (χ0n) is 15.6. The minimum absolute atomic E-state index is 0. The van der Waals surface area contributed by atoms with Crippen molar-refractivity contribution in [2.24, 2.45) is 10.9 Å². The molecule has 0 saturated carbocycles. The van der Waals surface area contributed by atoms with Gasteiger partial charge in [-0.15, -0.1) is 24.0 Å². The number of piperidine rings is 1. The lowest BCUT2D eigenvalue weighted by Gasteiger charge is -2.35. The van der Waals surface area contributed by atoms with E-state index in [4.69, 9.17) is 11.6 Å². The smallest absolute Gasteiger partial charge is 0.191 e. The normalized spacial score (nSPS) is 18.8. The number of aliphatic imine (C=N–C) groups is 1. The summed E-state index contributed by atoms with van der Waals surface area (Å²) < 4.78 is 0. The minimum atomic E-state index is 0. The van der Waals surface area contributed by atoms with Gasteiger partial charge in [0.15, 0.2) is 5.96 Å². The molecule has 2 N–H and O–H groups in total. The van der Waals surface area contributed by atoms with Crippen molar-refractivity contribution in [1.29, 1.82) is 0 Å². The van der Waals surface area contributed by atoms with Gasteiger partial charge in [-0.05, 0) is 63.8 Å². The highest BCUT2D eigenvalue weighted by Gasteiger charge is 2.21. The van der Waals surface area contributed by atoms with Crippen LogP contribution in [0.15, 0.2) is 29.3 Å². The summed E-state index contributed by atoms with van der Waals surface area (Å²) in [6, 6.07) is 8.51. The third kappa shape index (κ3) is 8.13. The van der Waals surface area contributed by atoms with E-state index in [-0.39, 0.29) is 24.0 Å². The number of hydrogen-bond donors (Lipinski definition) is 2. The maximum absolute atomic E-state index is 5.93. The molecule has 142 valence electrons. The van der Waals surface area contributed by atoms with Crippen LogP contribution in [0.2, 0.25) is 5.02 Å². The van der Waals surface area contributed by atoms with Crippen LogP contribution in [0, 0.1) is 5.92 Å². The first-order valence-electron chi connectivity index (χ1n) is 9.09. The minimum Gasteiger partial charge on any atom is -0.357 e. The first-order chi connectivity index (χ1) is 11.6. The molecular weight excluding hydrogens is 447 g/mol. The van der Waals surface area contributed by atoms with E-state index in [0.717, 1.165) is 24.1 Å². The molecule has 4 nitrogen and oxygen atoms in total. The van der Waals surface area contributed by atoms with Crippen LogP contribution in [0.3, 0.4) is 0 Å². The molecule has 25 heavy (non-hydrogen) atoms. The first kappa shape index (κ1) is 22.5. The van der Waals surface area contributed by atoms with E-state index in [1.165, 1.54) is 31.5 Å². The van der Waals surface area contributed by atoms with Crippen molar-refractivity contribution in [3.63, 3.8) is 0 Å². The molecule has 1 atom stereocenters. The number of rotatable bonds is 6. The molecular formula is C19H32ClIN4. The molecule has 1 aliphatic heterocycles. The number of nitrogens with zero attached hydrogens (tertiary/aromatic N) is 2. The lowest BCUT2D eigenvalue weighted by atomic mass is 9.97. The standard InChI is InChI=1S/C19H31ClN4.HI/c1-4-21-19(22-12-16-7-9-18(20)10-8-16)23-13-17-6-5-11-24(14-17)15(2)3;/h7-10,15,17H,4-6,11-14H2,1-3H3,(H2,21,22,23);1H. The predicted octanol–water partition coefficient (Wildman–Crippen LogP) is 4.13. The Bertz CT molecular complexity index is 519. The lowest BCUT2D eigenvalue weighted by Crippen LogP contribution is -2.46. The van der Waals surface area contributed by atoms with Crippen molar-refractivity contribution in [2.45, 2.75) is 46.2 Å². The summed E-state index contributed by atoms with van der Waals surface area (Å²) in [6.07, 6.45) is 2.59. The summed E-state index contributed by atoms with van der Waals surface area (Å²) in [5.74, 6) is 1.59. The monoisotopic (exact) mass is 478 g/mol. The molecule has 0 bridgehead atoms. The van der Waals surface area contributed by atoms with Crippen LogP contribution in [0.5, 0.6) is 0 Å². The Kier molecular flexibility index (Phi) is 10.8. The zero-order valence-corrected chi connectivity index (χ0v) is 18.7. The fourth-order valence-corrected chi connectivity index (χ4v) is 3.20. The predicted molar refractivity (Wildman–Crippen MR) is 119 cm³/mol. The highest BCUT2D eigenvalue weighted by Crippen LogP contribution is 2.17. The molecule has 2 rings (SSSR count). The van der Waals surface area contributed by atoms with Gasteiger partial charge in [0.05, 0.1) is 6.54 Å². The molecule has 1 saturated heterocycles. The average molecular weight is 479 g/mol. The van der Waals surface area contributed by atoms with Gasteiger partial charge < -0.3 is 15.5 Å². The molecule has 0 radical (unpaired) electrons. The SMILES string of the molecule is CCNC(=NCc1ccc(Cl)cc1)NCC1CCCN(C(C)C)C1.I. The van der Waals surface area contributed by atoms with Crippen LogP contribution >= 0.6 is 35.6 Å². The second-order valence-corrected chi connectivity index (χ2v) is 7.24. The zero-order chi connectivity index (χ0) is 17.4. The number of benzene rings is 1. The largest absolute Gasteiger partial charge is 0.357 e. The van der Waals surface area contributed by atoms with E-state index in [0.29, 0.717) is 18.5 Å². The second-order valence-electron chi connectivity index (χ2n) is 6.80. The van der Waals surface area contributed by atoms with Gasteiger partial charge >= 0.3 is 0 Å². The third-order valence-electron chi connectivity index (χ3n) is 4.52. The van der Waals surface area contributed by atoms with Crippen molar-refractivity contribution in [3.8, 4) is 0 Å². The average Bonchev–Trinajstić information content (AvgIpc) is 2.59. The van der Waals surface area contributed by atoms with Crippen LogP contribution in [0.4, 0.5) is 0 Å². The van der Waals surface area contributed by atoms with E-state index in [1.54, 1.807) is 0 Å². The Morgan fingerprint density at radius 1 is 1.28 bits per heavy atom. The van der Waals surface area contributed by atoms with E-state index in [1.807, 2.05) is 24.3 Å². The van der Waals surface area contributed by atoms with Crippen molar-refractivity contribution in [2.75, 3.05) is 26.2 Å². The lowest BCUT2D eigenvalue weighted by molar-refractivity contribution is 0.141. The molecule has 1 heterocycles. The molecule has 6 heteroatoms. The molecule has 0 aromatic heterocycles. The van der Waals surface area contributed by atoms with Crippen LogP contribution in [-0.2, 0) is 6.54 Å². The molecule has 0 aliphatic carbocycles. The maximum Gasteiger partial charge on any atom is 0.191 e. The Balaban J connectivity index is 0.00000312. The quantitative estimate of drug-likeness (QED) is 0.367. The number of nitrogens with one attached hydrogen (secondary N) is 2. The van der Waals surface area contributed by atoms with Gasteiger partial charge in [0.2, 0.25) is 0 Å². The fraction of sp³-hybridized carbons (Fsp3) is 0.632. The van der Waals surface area contributed by atoms with Gasteiger partial charge in [-0.2, -0.15) is 0 Å². The van der Waals surface area contributed by atoms with Gasteiger partial charge in [-0.25, -0.2) is 4.99 Å². The van der Waals surface area contributed by atoms with Crippen molar-refractivity contribution < 1.29 is 0 Å². The molecule has 1 fully saturated rings. The summed E-state index contributed by atoms with van der Waals surface area (Å²) in [4.78, 5) is 7.27. The summed E-state index contributed by atoms with van der Waals surface area (Å²) in [5.41, 5.74) is 1.17. The summed E-state index contributed by atoms with van der Waals surface area (Å²) in [7, 11) is 0. The number of halogens is 2. The van der Waals surface area contributed by atoms with Gasteiger partial charge in [-0.3, -0.25) is 0 Å². The van der Waals surface area contributed by atoms with Gasteiger partial charge in [0, 0.05) is 30.7 Å². The van der Waals surface area contributed by atoms with Crippen molar-refractivity contribution in [3.05, 3.63) is 34.9 Å². The van der Waals surface area contributed by atoms with E-state index in [2.05, 4.69) is 41.3 Å². The molecule has 1 aromatic rings. The van der Waals surface area contributed by atoms with Crippen LogP contribution < -0.4 is 10.6 Å². The first-order valence-corrected chi connectivity index (χ1v) is 9.47. The van der Waals surface area contributed by atoms with Crippen molar-refractivity contribution >= 4 is 41.5 Å². The summed E-state index contributed by atoms with van der Waals surface area (Å²) in [5, 5.41) is 7.62. The van der Waals surface area contributed by atoms with E-state index < -0.39 is 0 Å². The highest BCUT2D eigenvalue weighted by atomic mass is 127. The second kappa shape index (κ2) is 12.0. The van der Waals surface area contributed by atoms with Crippen molar-refractivity contribution in [1.82, 2.24) is 15.5 Å². The third-order valence-corrected chi connectivity index (χ3v) is 4.77. The summed E-state index contributed by atoms with van der Waals surface area (Å²) in [6.45, 7) is 11.6. The van der Waals surface area contributed by atoms with Crippen LogP contribution in [0.1, 0.15) is 39.2 Å². The molecule has 0 spiro atoms. The Labute approximate surface area is 174 Å². The molecule has 1 unspecified atom stereocenters. The number of guanidine groups is 1. The molecule has 1 aromatic carbocycles. The maximum atomic E-state index is 5.93. The Morgan fingerprint density at radius 3 is 2.64 bits per heavy atom. The van der Waals surface area contributed by atoms with Crippen LogP contribution in [-0.4, -0.2) is 43.1 Å². The highest BCUT2D eigenvalue weighted by molar-refractivity contribution is 14.0. The van der Waals surface area contributed by atoms with E-state index in [9.17, 15) is 0 Å². The van der Waals surface area contributed by atoms with Gasteiger partial charge in [0.1, 0.15) is 0 Å². The van der Waals surface area contributed by atoms with Crippen LogP contribution in [0.25, 0.3) is 0 Å². The Morgan fingerprint density at radius 2 is 2.00 bits per heavy atom. The summed E-state index contributed by atoms with van der Waals surface area (Å²) >= 11 is 5.93.